The fraction of sp³-hybridized carbons (Fsp3) is 0.417. The third kappa shape index (κ3) is 3.59. The Morgan fingerprint density at radius 1 is 1.45 bits per heavy atom. The minimum atomic E-state index is -4.62. The number of aryl methyl sites for hydroxylation is 2. The van der Waals surface area contributed by atoms with Crippen LogP contribution in [0.2, 0.25) is 0 Å². The highest BCUT2D eigenvalue weighted by atomic mass is 127. The smallest absolute Gasteiger partial charge is 0.323 e. The summed E-state index contributed by atoms with van der Waals surface area (Å²) in [5.74, 6) is -0.528. The molecular weight excluding hydrogens is 414 g/mol. The zero-order valence-corrected chi connectivity index (χ0v) is 13.9. The van der Waals surface area contributed by atoms with Crippen LogP contribution in [-0.2, 0) is 17.5 Å². The molecule has 0 aliphatic heterocycles. The molecule has 2 N–H and O–H groups in total. The van der Waals surface area contributed by atoms with Crippen LogP contribution >= 0.6 is 22.6 Å². The summed E-state index contributed by atoms with van der Waals surface area (Å²) in [6, 6.07) is 0. The first-order chi connectivity index (χ1) is 10.2. The lowest BCUT2D eigenvalue weighted by atomic mass is 10.2. The number of hydrogen-bond donors (Lipinski definition) is 2. The van der Waals surface area contributed by atoms with Gasteiger partial charge in [-0.1, -0.05) is 0 Å². The van der Waals surface area contributed by atoms with Gasteiger partial charge in [-0.15, -0.1) is 0 Å². The summed E-state index contributed by atoms with van der Waals surface area (Å²) in [5.41, 5.74) is -0.387. The van der Waals surface area contributed by atoms with Crippen LogP contribution in [0.4, 0.5) is 18.9 Å². The van der Waals surface area contributed by atoms with Gasteiger partial charge < -0.3 is 5.32 Å². The lowest BCUT2D eigenvalue weighted by Gasteiger charge is -2.09. The first-order valence-corrected chi connectivity index (χ1v) is 7.38. The standard InChI is InChI=1S/C12H13F3IN5O/c1-6-10(11(20-19-6)12(13,14)15)18-9(22)3-4-21-7(2)8(16)5-17-21/h5H,3-4H2,1-2H3,(H,18,22)(H,19,20). The van der Waals surface area contributed by atoms with E-state index in [2.05, 4.69) is 43.2 Å². The van der Waals surface area contributed by atoms with Crippen LogP contribution in [0.15, 0.2) is 6.20 Å². The predicted molar refractivity (Wildman–Crippen MR) is 81.3 cm³/mol. The first kappa shape index (κ1) is 16.8. The van der Waals surface area contributed by atoms with Gasteiger partial charge in [-0.3, -0.25) is 14.6 Å². The fourth-order valence-electron chi connectivity index (χ4n) is 1.85. The van der Waals surface area contributed by atoms with Gasteiger partial charge in [-0.2, -0.15) is 23.4 Å². The lowest BCUT2D eigenvalue weighted by Crippen LogP contribution is -2.18. The molecule has 0 fully saturated rings. The van der Waals surface area contributed by atoms with Crippen LogP contribution < -0.4 is 5.32 Å². The van der Waals surface area contributed by atoms with Gasteiger partial charge in [0.05, 0.1) is 27.7 Å². The molecule has 0 aliphatic carbocycles. The largest absolute Gasteiger partial charge is 0.437 e. The average molecular weight is 427 g/mol. The molecule has 0 aromatic carbocycles. The van der Waals surface area contributed by atoms with Gasteiger partial charge in [0.25, 0.3) is 0 Å². The quantitative estimate of drug-likeness (QED) is 0.738. The molecule has 0 spiro atoms. The Labute approximate surface area is 137 Å². The second kappa shape index (κ2) is 6.26. The zero-order valence-electron chi connectivity index (χ0n) is 11.8. The van der Waals surface area contributed by atoms with Crippen molar-refractivity contribution in [3.8, 4) is 0 Å². The number of alkyl halides is 3. The number of aromatic amines is 1. The summed E-state index contributed by atoms with van der Waals surface area (Å²) in [4.78, 5) is 11.9. The predicted octanol–water partition coefficient (Wildman–Crippen LogP) is 2.88. The van der Waals surface area contributed by atoms with Gasteiger partial charge in [0.1, 0.15) is 0 Å². The van der Waals surface area contributed by atoms with Crippen molar-refractivity contribution in [2.45, 2.75) is 33.0 Å². The number of hydrogen-bond acceptors (Lipinski definition) is 3. The van der Waals surface area contributed by atoms with Gasteiger partial charge >= 0.3 is 6.18 Å². The monoisotopic (exact) mass is 427 g/mol. The molecule has 2 aromatic rings. The first-order valence-electron chi connectivity index (χ1n) is 6.30. The maximum absolute atomic E-state index is 12.8. The van der Waals surface area contributed by atoms with Crippen molar-refractivity contribution in [2.24, 2.45) is 0 Å². The number of anilines is 1. The van der Waals surface area contributed by atoms with Crippen LogP contribution in [-0.4, -0.2) is 25.9 Å². The number of rotatable bonds is 4. The lowest BCUT2D eigenvalue weighted by molar-refractivity contribution is -0.140. The van der Waals surface area contributed by atoms with Crippen molar-refractivity contribution >= 4 is 34.2 Å². The van der Waals surface area contributed by atoms with E-state index < -0.39 is 17.8 Å². The van der Waals surface area contributed by atoms with Crippen LogP contribution in [0.3, 0.4) is 0 Å². The second-order valence-corrected chi connectivity index (χ2v) is 5.83. The molecule has 2 aromatic heterocycles. The summed E-state index contributed by atoms with van der Waals surface area (Å²) in [6.07, 6.45) is -2.95. The van der Waals surface area contributed by atoms with Gasteiger partial charge in [0.15, 0.2) is 5.69 Å². The minimum absolute atomic E-state index is 0.0144. The maximum Gasteiger partial charge on any atom is 0.437 e. The third-order valence-corrected chi connectivity index (χ3v) is 4.13. The van der Waals surface area contributed by atoms with E-state index in [1.54, 1.807) is 10.9 Å². The molecule has 0 aliphatic rings. The molecule has 0 atom stereocenters. The Morgan fingerprint density at radius 3 is 2.68 bits per heavy atom. The van der Waals surface area contributed by atoms with Gasteiger partial charge in [-0.05, 0) is 36.4 Å². The molecule has 120 valence electrons. The SMILES string of the molecule is Cc1[nH]nc(C(F)(F)F)c1NC(=O)CCn1ncc(I)c1C. The van der Waals surface area contributed by atoms with E-state index in [1.165, 1.54) is 6.92 Å². The molecule has 0 saturated carbocycles. The number of halogens is 4. The van der Waals surface area contributed by atoms with Crippen LogP contribution in [0, 0.1) is 17.4 Å². The fourth-order valence-corrected chi connectivity index (χ4v) is 2.25. The van der Waals surface area contributed by atoms with E-state index in [9.17, 15) is 18.0 Å². The van der Waals surface area contributed by atoms with E-state index >= 15 is 0 Å². The van der Waals surface area contributed by atoms with Gasteiger partial charge in [0.2, 0.25) is 5.91 Å². The van der Waals surface area contributed by atoms with E-state index in [1.807, 2.05) is 6.92 Å². The summed E-state index contributed by atoms with van der Waals surface area (Å²) in [7, 11) is 0. The maximum atomic E-state index is 12.8. The number of amides is 1. The van der Waals surface area contributed by atoms with E-state index in [4.69, 9.17) is 0 Å². The number of nitrogens with one attached hydrogen (secondary N) is 2. The van der Waals surface area contributed by atoms with Crippen LogP contribution in [0.5, 0.6) is 0 Å². The number of carbonyl (C=O) groups excluding carboxylic acids is 1. The minimum Gasteiger partial charge on any atom is -0.323 e. The van der Waals surface area contributed by atoms with Crippen molar-refractivity contribution < 1.29 is 18.0 Å². The highest BCUT2D eigenvalue weighted by molar-refractivity contribution is 14.1. The Bertz CT molecular complexity index is 691. The third-order valence-electron chi connectivity index (χ3n) is 3.07. The molecule has 1 amide bonds. The molecular formula is C12H13F3IN5O. The van der Waals surface area contributed by atoms with E-state index in [0.29, 0.717) is 6.54 Å². The van der Waals surface area contributed by atoms with Crippen molar-refractivity contribution in [2.75, 3.05) is 5.32 Å². The molecule has 0 bridgehead atoms. The highest BCUT2D eigenvalue weighted by Crippen LogP contribution is 2.34. The molecule has 2 rings (SSSR count). The van der Waals surface area contributed by atoms with Crippen molar-refractivity contribution in [3.05, 3.63) is 26.8 Å². The summed E-state index contributed by atoms with van der Waals surface area (Å²) >= 11 is 2.12. The topological polar surface area (TPSA) is 75.6 Å². The summed E-state index contributed by atoms with van der Waals surface area (Å²) in [6.45, 7) is 3.56. The molecule has 10 heteroatoms. The molecule has 0 radical (unpaired) electrons. The Morgan fingerprint density at radius 2 is 2.14 bits per heavy atom. The molecule has 0 unspecified atom stereocenters. The summed E-state index contributed by atoms with van der Waals surface area (Å²) in [5, 5.41) is 11.8. The Hall–Kier alpha value is -1.59. The zero-order chi connectivity index (χ0) is 16.5. The van der Waals surface area contributed by atoms with E-state index in [-0.39, 0.29) is 17.8 Å². The highest BCUT2D eigenvalue weighted by Gasteiger charge is 2.38. The van der Waals surface area contributed by atoms with Crippen molar-refractivity contribution in [3.63, 3.8) is 0 Å². The normalized spacial score (nSPS) is 11.7. The average Bonchev–Trinajstić information content (AvgIpc) is 2.93. The molecule has 6 nitrogen and oxygen atoms in total. The second-order valence-electron chi connectivity index (χ2n) is 4.67. The number of carbonyl (C=O) groups is 1. The Balaban J connectivity index is 2.04. The molecule has 22 heavy (non-hydrogen) atoms. The van der Waals surface area contributed by atoms with Gasteiger partial charge in [-0.25, -0.2) is 0 Å². The van der Waals surface area contributed by atoms with Crippen molar-refractivity contribution in [1.82, 2.24) is 20.0 Å². The summed E-state index contributed by atoms with van der Waals surface area (Å²) < 4.78 is 40.9. The van der Waals surface area contributed by atoms with Gasteiger partial charge in [0, 0.05) is 12.1 Å². The number of nitrogens with zero attached hydrogens (tertiary/aromatic N) is 3. The molecule has 2 heterocycles. The van der Waals surface area contributed by atoms with E-state index in [0.717, 1.165) is 9.26 Å². The van der Waals surface area contributed by atoms with Crippen molar-refractivity contribution in [1.29, 1.82) is 0 Å². The van der Waals surface area contributed by atoms with Crippen LogP contribution in [0.25, 0.3) is 0 Å². The Kier molecular flexibility index (Phi) is 4.78. The number of aromatic nitrogens is 4. The van der Waals surface area contributed by atoms with Crippen LogP contribution in [0.1, 0.15) is 23.5 Å². The molecule has 0 saturated heterocycles. The number of H-pyrrole nitrogens is 1.